The van der Waals surface area contributed by atoms with E-state index in [0.717, 1.165) is 5.56 Å². The summed E-state index contributed by atoms with van der Waals surface area (Å²) in [4.78, 5) is 0. The lowest BCUT2D eigenvalue weighted by Gasteiger charge is -2.26. The molecule has 0 saturated heterocycles. The van der Waals surface area contributed by atoms with Crippen molar-refractivity contribution < 1.29 is 4.39 Å². The highest BCUT2D eigenvalue weighted by molar-refractivity contribution is 5.52. The minimum atomic E-state index is -0.196. The number of rotatable bonds is 3. The van der Waals surface area contributed by atoms with Gasteiger partial charge in [0.05, 0.1) is 6.04 Å². The van der Waals surface area contributed by atoms with Crippen molar-refractivity contribution in [3.8, 4) is 0 Å². The molecule has 2 heteroatoms. The van der Waals surface area contributed by atoms with Crippen LogP contribution in [0.5, 0.6) is 0 Å². The summed E-state index contributed by atoms with van der Waals surface area (Å²) in [6.07, 6.45) is 0. The van der Waals surface area contributed by atoms with Crippen LogP contribution in [0.1, 0.15) is 45.0 Å². The molecule has 0 spiro atoms. The summed E-state index contributed by atoms with van der Waals surface area (Å²) in [5, 5.41) is 3.39. The lowest BCUT2D eigenvalue weighted by atomic mass is 9.84. The lowest BCUT2D eigenvalue weighted by Crippen LogP contribution is -2.21. The minimum absolute atomic E-state index is 0.0867. The average Bonchev–Trinajstić information content (AvgIpc) is 2.49. The number of hydrogen-bond donors (Lipinski definition) is 1. The number of halogens is 1. The molecule has 0 aliphatic rings. The summed E-state index contributed by atoms with van der Waals surface area (Å²) < 4.78 is 13.2. The third-order valence-corrected chi connectivity index (χ3v) is 4.84. The Hall–Kier alpha value is -1.67. The van der Waals surface area contributed by atoms with Gasteiger partial charge in [-0.15, -0.1) is 0 Å². The van der Waals surface area contributed by atoms with E-state index >= 15 is 0 Å². The van der Waals surface area contributed by atoms with E-state index in [4.69, 9.17) is 0 Å². The van der Waals surface area contributed by atoms with Crippen molar-refractivity contribution >= 4 is 0 Å². The SMILES string of the molecule is CNC(c1ccc(F)cc1)c1c(C)c(C)c(C)c(C)c1C. The smallest absolute Gasteiger partial charge is 0.123 e. The molecule has 1 unspecified atom stereocenters. The second-order valence-corrected chi connectivity index (χ2v) is 5.81. The average molecular weight is 285 g/mol. The summed E-state index contributed by atoms with van der Waals surface area (Å²) in [6, 6.07) is 6.86. The fraction of sp³-hybridized carbons (Fsp3) is 0.368. The van der Waals surface area contributed by atoms with Gasteiger partial charge in [0.1, 0.15) is 5.82 Å². The molecule has 21 heavy (non-hydrogen) atoms. The number of hydrogen-bond acceptors (Lipinski definition) is 1. The fourth-order valence-electron chi connectivity index (χ4n) is 3.09. The largest absolute Gasteiger partial charge is 0.309 e. The number of benzene rings is 2. The maximum Gasteiger partial charge on any atom is 0.123 e. The zero-order chi connectivity index (χ0) is 15.7. The Bertz CT molecular complexity index is 627. The zero-order valence-electron chi connectivity index (χ0n) is 13.8. The summed E-state index contributed by atoms with van der Waals surface area (Å²) in [5.74, 6) is -0.196. The monoisotopic (exact) mass is 285 g/mol. The molecule has 0 aliphatic heterocycles. The van der Waals surface area contributed by atoms with Gasteiger partial charge in [0.15, 0.2) is 0 Å². The van der Waals surface area contributed by atoms with E-state index in [2.05, 4.69) is 39.9 Å². The minimum Gasteiger partial charge on any atom is -0.309 e. The molecular formula is C19H24FN. The Balaban J connectivity index is 2.65. The second kappa shape index (κ2) is 5.98. The van der Waals surface area contributed by atoms with E-state index in [0.29, 0.717) is 0 Å². The summed E-state index contributed by atoms with van der Waals surface area (Å²) in [5.41, 5.74) is 9.09. The Morgan fingerprint density at radius 2 is 1.19 bits per heavy atom. The van der Waals surface area contributed by atoms with Gasteiger partial charge in [0, 0.05) is 0 Å². The highest BCUT2D eigenvalue weighted by Crippen LogP contribution is 2.33. The molecule has 0 heterocycles. The topological polar surface area (TPSA) is 12.0 Å². The summed E-state index contributed by atoms with van der Waals surface area (Å²) in [6.45, 7) is 10.9. The second-order valence-electron chi connectivity index (χ2n) is 5.81. The molecular weight excluding hydrogens is 261 g/mol. The van der Waals surface area contributed by atoms with Crippen molar-refractivity contribution in [3.05, 3.63) is 69.0 Å². The van der Waals surface area contributed by atoms with E-state index in [1.54, 1.807) is 0 Å². The van der Waals surface area contributed by atoms with Gasteiger partial charge in [-0.1, -0.05) is 12.1 Å². The summed E-state index contributed by atoms with van der Waals surface area (Å²) >= 11 is 0. The van der Waals surface area contributed by atoms with Crippen LogP contribution < -0.4 is 5.32 Å². The molecule has 0 fully saturated rings. The molecule has 0 aromatic heterocycles. The Morgan fingerprint density at radius 3 is 1.62 bits per heavy atom. The standard InChI is InChI=1S/C19H24FN/c1-11-12(2)14(4)18(15(5)13(11)3)19(21-6)16-7-9-17(20)10-8-16/h7-10,19,21H,1-6H3. The molecule has 0 aliphatic carbocycles. The molecule has 0 saturated carbocycles. The van der Waals surface area contributed by atoms with Crippen molar-refractivity contribution in [3.63, 3.8) is 0 Å². The van der Waals surface area contributed by atoms with Crippen molar-refractivity contribution in [2.24, 2.45) is 0 Å². The van der Waals surface area contributed by atoms with E-state index in [1.807, 2.05) is 19.2 Å². The zero-order valence-corrected chi connectivity index (χ0v) is 13.8. The van der Waals surface area contributed by atoms with Crippen LogP contribution in [-0.2, 0) is 0 Å². The van der Waals surface area contributed by atoms with Crippen LogP contribution >= 0.6 is 0 Å². The van der Waals surface area contributed by atoms with Gasteiger partial charge in [0.25, 0.3) is 0 Å². The van der Waals surface area contributed by atoms with Gasteiger partial charge in [-0.2, -0.15) is 0 Å². The van der Waals surface area contributed by atoms with Crippen LogP contribution in [0.25, 0.3) is 0 Å². The van der Waals surface area contributed by atoms with E-state index in [1.165, 1.54) is 45.5 Å². The Kier molecular flexibility index (Phi) is 4.48. The van der Waals surface area contributed by atoms with Gasteiger partial charge in [0.2, 0.25) is 0 Å². The molecule has 1 nitrogen and oxygen atoms in total. The van der Waals surface area contributed by atoms with Crippen molar-refractivity contribution in [1.82, 2.24) is 5.32 Å². The van der Waals surface area contributed by atoms with Gasteiger partial charge >= 0.3 is 0 Å². The molecule has 2 aromatic rings. The van der Waals surface area contributed by atoms with Crippen molar-refractivity contribution in [2.75, 3.05) is 7.05 Å². The van der Waals surface area contributed by atoms with Gasteiger partial charge < -0.3 is 5.32 Å². The quantitative estimate of drug-likeness (QED) is 0.863. The number of nitrogens with one attached hydrogen (secondary N) is 1. The van der Waals surface area contributed by atoms with Gasteiger partial charge in [-0.05, 0) is 92.7 Å². The molecule has 1 atom stereocenters. The predicted molar refractivity (Wildman–Crippen MR) is 87.4 cm³/mol. The van der Waals surface area contributed by atoms with Crippen LogP contribution in [0.3, 0.4) is 0 Å². The van der Waals surface area contributed by atoms with Gasteiger partial charge in [-0.25, -0.2) is 4.39 Å². The third kappa shape index (κ3) is 2.73. The molecule has 0 radical (unpaired) electrons. The van der Waals surface area contributed by atoms with Crippen molar-refractivity contribution in [2.45, 2.75) is 40.7 Å². The van der Waals surface area contributed by atoms with Crippen LogP contribution in [0.15, 0.2) is 24.3 Å². The molecule has 1 N–H and O–H groups in total. The first-order valence-electron chi connectivity index (χ1n) is 7.38. The van der Waals surface area contributed by atoms with E-state index in [-0.39, 0.29) is 11.9 Å². The Morgan fingerprint density at radius 1 is 0.762 bits per heavy atom. The molecule has 112 valence electrons. The van der Waals surface area contributed by atoms with E-state index < -0.39 is 0 Å². The molecule has 0 amide bonds. The molecule has 2 aromatic carbocycles. The summed E-state index contributed by atoms with van der Waals surface area (Å²) in [7, 11) is 1.96. The van der Waals surface area contributed by atoms with Crippen molar-refractivity contribution in [1.29, 1.82) is 0 Å². The van der Waals surface area contributed by atoms with Crippen LogP contribution in [0.2, 0.25) is 0 Å². The molecule has 0 bridgehead atoms. The Labute approximate surface area is 127 Å². The van der Waals surface area contributed by atoms with Crippen LogP contribution in [0.4, 0.5) is 4.39 Å². The lowest BCUT2D eigenvalue weighted by molar-refractivity contribution is 0.623. The highest BCUT2D eigenvalue weighted by Gasteiger charge is 2.20. The highest BCUT2D eigenvalue weighted by atomic mass is 19.1. The van der Waals surface area contributed by atoms with Crippen LogP contribution in [-0.4, -0.2) is 7.05 Å². The maximum absolute atomic E-state index is 13.2. The first-order valence-corrected chi connectivity index (χ1v) is 7.38. The van der Waals surface area contributed by atoms with Crippen LogP contribution in [0, 0.1) is 40.4 Å². The normalized spacial score (nSPS) is 12.5. The third-order valence-electron chi connectivity index (χ3n) is 4.84. The predicted octanol–water partition coefficient (Wildman–Crippen LogP) is 4.68. The maximum atomic E-state index is 13.2. The van der Waals surface area contributed by atoms with E-state index in [9.17, 15) is 4.39 Å². The first kappa shape index (κ1) is 15.7. The fourth-order valence-corrected chi connectivity index (χ4v) is 3.09. The molecule has 2 rings (SSSR count). The van der Waals surface area contributed by atoms with Gasteiger partial charge in [-0.3, -0.25) is 0 Å². The first-order chi connectivity index (χ1) is 9.88.